The van der Waals surface area contributed by atoms with E-state index in [1.54, 1.807) is 0 Å². The van der Waals surface area contributed by atoms with Crippen LogP contribution in [0.15, 0.2) is 30.0 Å². The van der Waals surface area contributed by atoms with Crippen molar-refractivity contribution in [3.05, 3.63) is 40.6 Å². The lowest BCUT2D eigenvalue weighted by atomic mass is 9.96. The molecule has 1 aromatic carbocycles. The number of phenolic OH excluding ortho intramolecular Hbond substituents is 1. The van der Waals surface area contributed by atoms with Crippen molar-refractivity contribution >= 4 is 35.2 Å². The SMILES string of the molecule is COc1cc(/C=C/C(=O)[C@H]2C(=O)C=C(C)OC2=O)cc(Cl)c1O. The molecular weight excluding hydrogens is 324 g/mol. The van der Waals surface area contributed by atoms with Crippen molar-refractivity contribution in [2.45, 2.75) is 6.92 Å². The summed E-state index contributed by atoms with van der Waals surface area (Å²) in [5.41, 5.74) is 0.460. The topological polar surface area (TPSA) is 89.9 Å². The van der Waals surface area contributed by atoms with E-state index < -0.39 is 23.5 Å². The molecule has 0 saturated heterocycles. The lowest BCUT2D eigenvalue weighted by Gasteiger charge is -2.15. The number of carbonyl (C=O) groups excluding carboxylic acids is 3. The van der Waals surface area contributed by atoms with Gasteiger partial charge in [0.2, 0.25) is 0 Å². The molecule has 6 nitrogen and oxygen atoms in total. The first-order valence-corrected chi connectivity index (χ1v) is 6.93. The van der Waals surface area contributed by atoms with Crippen LogP contribution in [0.5, 0.6) is 11.5 Å². The van der Waals surface area contributed by atoms with Crippen LogP contribution in [0.1, 0.15) is 12.5 Å². The summed E-state index contributed by atoms with van der Waals surface area (Å²) in [5.74, 6) is -3.64. The standard InChI is InChI=1S/C16H13ClO6/c1-8-5-12(19)14(16(21)23-8)11(18)4-3-9-6-10(17)15(20)13(7-9)22-2/h3-7,14,20H,1-2H3/b4-3+/t14-/m0/s1. The molecule has 1 aliphatic rings. The fraction of sp³-hybridized carbons (Fsp3) is 0.188. The van der Waals surface area contributed by atoms with E-state index in [-0.39, 0.29) is 22.3 Å². The molecule has 0 radical (unpaired) electrons. The molecule has 0 fully saturated rings. The van der Waals surface area contributed by atoms with E-state index in [2.05, 4.69) is 0 Å². The molecule has 0 saturated carbocycles. The molecule has 0 bridgehead atoms. The fourth-order valence-electron chi connectivity index (χ4n) is 2.02. The maximum absolute atomic E-state index is 12.1. The predicted octanol–water partition coefficient (Wildman–Crippen LogP) is 2.28. The number of allylic oxidation sites excluding steroid dienone is 3. The first kappa shape index (κ1) is 16.8. The number of hydrogen-bond donors (Lipinski definition) is 1. The minimum absolute atomic E-state index is 0.0446. The molecule has 2 rings (SSSR count). The summed E-state index contributed by atoms with van der Waals surface area (Å²) >= 11 is 5.84. The summed E-state index contributed by atoms with van der Waals surface area (Å²) in [6, 6.07) is 2.87. The molecule has 7 heteroatoms. The number of methoxy groups -OCH3 is 1. The lowest BCUT2D eigenvalue weighted by molar-refractivity contribution is -0.151. The van der Waals surface area contributed by atoms with Crippen LogP contribution < -0.4 is 4.74 Å². The molecule has 0 unspecified atom stereocenters. The van der Waals surface area contributed by atoms with Gasteiger partial charge in [-0.15, -0.1) is 0 Å². The van der Waals surface area contributed by atoms with Gasteiger partial charge in [-0.2, -0.15) is 0 Å². The van der Waals surface area contributed by atoms with E-state index in [0.717, 1.165) is 12.2 Å². The van der Waals surface area contributed by atoms with E-state index >= 15 is 0 Å². The van der Waals surface area contributed by atoms with E-state index in [4.69, 9.17) is 21.1 Å². The van der Waals surface area contributed by atoms with Crippen LogP contribution in [-0.2, 0) is 19.1 Å². The summed E-state index contributed by atoms with van der Waals surface area (Å²) < 4.78 is 9.73. The van der Waals surface area contributed by atoms with Gasteiger partial charge >= 0.3 is 5.97 Å². The van der Waals surface area contributed by atoms with Crippen LogP contribution in [0, 0.1) is 5.92 Å². The Kier molecular flexibility index (Phi) is 4.86. The Balaban J connectivity index is 2.24. The second-order valence-corrected chi connectivity index (χ2v) is 5.21. The molecule has 1 atom stereocenters. The third kappa shape index (κ3) is 3.60. The van der Waals surface area contributed by atoms with E-state index in [0.29, 0.717) is 5.56 Å². The number of hydrogen-bond acceptors (Lipinski definition) is 6. The third-order valence-electron chi connectivity index (χ3n) is 3.12. The smallest absolute Gasteiger partial charge is 0.329 e. The largest absolute Gasteiger partial charge is 0.503 e. The number of rotatable bonds is 4. The zero-order valence-corrected chi connectivity index (χ0v) is 13.1. The van der Waals surface area contributed by atoms with Gasteiger partial charge in [0, 0.05) is 6.08 Å². The lowest BCUT2D eigenvalue weighted by Crippen LogP contribution is -2.34. The normalized spacial score (nSPS) is 17.9. The molecule has 1 N–H and O–H groups in total. The maximum Gasteiger partial charge on any atom is 0.329 e. The number of aromatic hydroxyl groups is 1. The number of ether oxygens (including phenoxy) is 2. The van der Waals surface area contributed by atoms with Gasteiger partial charge in [-0.3, -0.25) is 14.4 Å². The highest BCUT2D eigenvalue weighted by Crippen LogP contribution is 2.35. The van der Waals surface area contributed by atoms with E-state index in [9.17, 15) is 19.5 Å². The molecule has 0 amide bonds. The molecule has 0 spiro atoms. The van der Waals surface area contributed by atoms with Crippen molar-refractivity contribution in [3.63, 3.8) is 0 Å². The summed E-state index contributed by atoms with van der Waals surface area (Å²) in [7, 11) is 1.36. The summed E-state index contributed by atoms with van der Waals surface area (Å²) in [4.78, 5) is 35.5. The fourth-order valence-corrected chi connectivity index (χ4v) is 2.24. The van der Waals surface area contributed by atoms with Crippen LogP contribution in [0.25, 0.3) is 6.08 Å². The molecular formula is C16H13ClO6. The monoisotopic (exact) mass is 336 g/mol. The second-order valence-electron chi connectivity index (χ2n) is 4.80. The first-order chi connectivity index (χ1) is 10.8. The highest BCUT2D eigenvalue weighted by Gasteiger charge is 2.36. The van der Waals surface area contributed by atoms with Crippen molar-refractivity contribution < 1.29 is 29.0 Å². The molecule has 1 heterocycles. The number of ketones is 2. The van der Waals surface area contributed by atoms with Gasteiger partial charge in [-0.25, -0.2) is 0 Å². The molecule has 1 aromatic rings. The van der Waals surface area contributed by atoms with Gasteiger partial charge in [0.1, 0.15) is 5.76 Å². The molecule has 0 aliphatic carbocycles. The van der Waals surface area contributed by atoms with Gasteiger partial charge in [0.15, 0.2) is 29.0 Å². The third-order valence-corrected chi connectivity index (χ3v) is 3.41. The highest BCUT2D eigenvalue weighted by atomic mass is 35.5. The Morgan fingerprint density at radius 2 is 2.09 bits per heavy atom. The van der Waals surface area contributed by atoms with Crippen LogP contribution in [-0.4, -0.2) is 29.8 Å². The summed E-state index contributed by atoms with van der Waals surface area (Å²) in [6.45, 7) is 1.46. The zero-order valence-electron chi connectivity index (χ0n) is 12.3. The van der Waals surface area contributed by atoms with Crippen LogP contribution in [0.4, 0.5) is 0 Å². The number of carbonyl (C=O) groups is 3. The zero-order chi connectivity index (χ0) is 17.1. The number of benzene rings is 1. The molecule has 1 aliphatic heterocycles. The van der Waals surface area contributed by atoms with Gasteiger partial charge in [-0.1, -0.05) is 17.7 Å². The Morgan fingerprint density at radius 3 is 2.70 bits per heavy atom. The molecule has 23 heavy (non-hydrogen) atoms. The van der Waals surface area contributed by atoms with Gasteiger partial charge in [0.05, 0.1) is 12.1 Å². The Labute approximate surface area is 137 Å². The predicted molar refractivity (Wildman–Crippen MR) is 82.1 cm³/mol. The van der Waals surface area contributed by atoms with Crippen molar-refractivity contribution in [2.75, 3.05) is 7.11 Å². The van der Waals surface area contributed by atoms with Gasteiger partial charge in [0.25, 0.3) is 0 Å². The maximum atomic E-state index is 12.1. The first-order valence-electron chi connectivity index (χ1n) is 6.55. The van der Waals surface area contributed by atoms with Crippen LogP contribution >= 0.6 is 11.6 Å². The van der Waals surface area contributed by atoms with Crippen LogP contribution in [0.3, 0.4) is 0 Å². The van der Waals surface area contributed by atoms with Crippen molar-refractivity contribution in [2.24, 2.45) is 5.92 Å². The number of esters is 1. The highest BCUT2D eigenvalue weighted by molar-refractivity contribution is 6.32. The minimum atomic E-state index is -1.50. The average molecular weight is 337 g/mol. The summed E-state index contributed by atoms with van der Waals surface area (Å²) in [5, 5.41) is 9.68. The second kappa shape index (κ2) is 6.66. The van der Waals surface area contributed by atoms with Crippen molar-refractivity contribution in [1.29, 1.82) is 0 Å². The Bertz CT molecular complexity index is 747. The number of halogens is 1. The Hall–Kier alpha value is -2.60. The minimum Gasteiger partial charge on any atom is -0.503 e. The van der Waals surface area contributed by atoms with Crippen molar-refractivity contribution in [3.8, 4) is 11.5 Å². The number of phenols is 1. The van der Waals surface area contributed by atoms with Gasteiger partial charge < -0.3 is 14.6 Å². The van der Waals surface area contributed by atoms with E-state index in [1.165, 1.54) is 32.2 Å². The van der Waals surface area contributed by atoms with E-state index in [1.807, 2.05) is 0 Å². The Morgan fingerprint density at radius 1 is 1.39 bits per heavy atom. The quantitative estimate of drug-likeness (QED) is 0.515. The molecule has 0 aromatic heterocycles. The summed E-state index contributed by atoms with van der Waals surface area (Å²) in [6.07, 6.45) is 3.56. The van der Waals surface area contributed by atoms with Gasteiger partial charge in [-0.05, 0) is 30.7 Å². The average Bonchev–Trinajstić information content (AvgIpc) is 2.47. The van der Waals surface area contributed by atoms with Crippen LogP contribution in [0.2, 0.25) is 5.02 Å². The number of cyclic esters (lactones) is 1. The van der Waals surface area contributed by atoms with Crippen molar-refractivity contribution in [1.82, 2.24) is 0 Å². The molecule has 120 valence electrons.